The van der Waals surface area contributed by atoms with E-state index in [2.05, 4.69) is 40.7 Å². The molecule has 0 aromatic heterocycles. The molecule has 2 aliphatic rings. The van der Waals surface area contributed by atoms with E-state index in [1.807, 2.05) is 18.2 Å². The zero-order chi connectivity index (χ0) is 19.1. The Balaban J connectivity index is 1.56. The third-order valence-electron chi connectivity index (χ3n) is 5.43. The molecule has 2 heterocycles. The number of hydrazone groups is 1. The molecule has 3 aromatic rings. The predicted molar refractivity (Wildman–Crippen MR) is 108 cm³/mol. The number of anilines is 1. The molecule has 0 aliphatic carbocycles. The standard InChI is InChI=1S/C23H20FN3O/c1-28-18-12-8-16(9-13-18)23-25-20-5-3-2-4-19(20)22-14-21(26-27(22)23)15-6-10-17(24)11-7-15/h2-13,22-23,25H,14H2,1H3. The Morgan fingerprint density at radius 2 is 1.75 bits per heavy atom. The van der Waals surface area contributed by atoms with Gasteiger partial charge in [0.05, 0.1) is 18.9 Å². The second-order valence-electron chi connectivity index (χ2n) is 7.06. The summed E-state index contributed by atoms with van der Waals surface area (Å²) in [5, 5.41) is 10.7. The number of nitrogens with one attached hydrogen (secondary N) is 1. The van der Waals surface area contributed by atoms with Crippen molar-refractivity contribution in [1.82, 2.24) is 5.01 Å². The molecule has 0 amide bonds. The first-order chi connectivity index (χ1) is 13.7. The first-order valence-corrected chi connectivity index (χ1v) is 9.34. The van der Waals surface area contributed by atoms with Crippen LogP contribution < -0.4 is 10.1 Å². The molecule has 140 valence electrons. The van der Waals surface area contributed by atoms with E-state index in [4.69, 9.17) is 9.84 Å². The van der Waals surface area contributed by atoms with Gasteiger partial charge in [0, 0.05) is 12.1 Å². The zero-order valence-corrected chi connectivity index (χ0v) is 15.5. The lowest BCUT2D eigenvalue weighted by molar-refractivity contribution is 0.169. The summed E-state index contributed by atoms with van der Waals surface area (Å²) in [5.41, 5.74) is 5.40. The Morgan fingerprint density at radius 3 is 2.50 bits per heavy atom. The van der Waals surface area contributed by atoms with Crippen LogP contribution in [-0.2, 0) is 0 Å². The van der Waals surface area contributed by atoms with Crippen LogP contribution in [0.25, 0.3) is 0 Å². The van der Waals surface area contributed by atoms with Crippen LogP contribution in [0.1, 0.15) is 35.3 Å². The minimum absolute atomic E-state index is 0.0799. The highest BCUT2D eigenvalue weighted by Crippen LogP contribution is 2.46. The highest BCUT2D eigenvalue weighted by Gasteiger charge is 2.39. The van der Waals surface area contributed by atoms with Gasteiger partial charge >= 0.3 is 0 Å². The van der Waals surface area contributed by atoms with Crippen molar-refractivity contribution in [3.05, 3.63) is 95.3 Å². The van der Waals surface area contributed by atoms with Crippen LogP contribution in [0.2, 0.25) is 0 Å². The maximum atomic E-state index is 13.3. The van der Waals surface area contributed by atoms with Gasteiger partial charge in [-0.2, -0.15) is 5.10 Å². The Kier molecular flexibility index (Phi) is 4.01. The fourth-order valence-corrected chi connectivity index (χ4v) is 3.99. The van der Waals surface area contributed by atoms with Gasteiger partial charge in [-0.25, -0.2) is 4.39 Å². The van der Waals surface area contributed by atoms with E-state index in [-0.39, 0.29) is 18.0 Å². The molecule has 2 aliphatic heterocycles. The molecule has 0 saturated carbocycles. The van der Waals surface area contributed by atoms with Crippen molar-refractivity contribution >= 4 is 11.4 Å². The molecular weight excluding hydrogens is 353 g/mol. The summed E-state index contributed by atoms with van der Waals surface area (Å²) < 4.78 is 18.6. The molecule has 0 bridgehead atoms. The van der Waals surface area contributed by atoms with E-state index >= 15 is 0 Å². The van der Waals surface area contributed by atoms with Gasteiger partial charge in [0.2, 0.25) is 0 Å². The molecule has 5 heteroatoms. The Labute approximate surface area is 163 Å². The predicted octanol–water partition coefficient (Wildman–Crippen LogP) is 5.11. The molecule has 0 radical (unpaired) electrons. The summed E-state index contributed by atoms with van der Waals surface area (Å²) in [7, 11) is 1.67. The van der Waals surface area contributed by atoms with Gasteiger partial charge < -0.3 is 10.1 Å². The second kappa shape index (κ2) is 6.68. The Hall–Kier alpha value is -3.34. The molecule has 1 N–H and O–H groups in total. The monoisotopic (exact) mass is 373 g/mol. The number of rotatable bonds is 3. The Bertz CT molecular complexity index is 1030. The minimum Gasteiger partial charge on any atom is -0.497 e. The van der Waals surface area contributed by atoms with Crippen LogP contribution in [0.3, 0.4) is 0 Å². The van der Waals surface area contributed by atoms with Crippen molar-refractivity contribution in [2.24, 2.45) is 5.10 Å². The van der Waals surface area contributed by atoms with Crippen molar-refractivity contribution in [2.75, 3.05) is 12.4 Å². The minimum atomic E-state index is -0.233. The van der Waals surface area contributed by atoms with Gasteiger partial charge in [0.25, 0.3) is 0 Å². The molecule has 0 saturated heterocycles. The number of fused-ring (bicyclic) bond motifs is 3. The van der Waals surface area contributed by atoms with Gasteiger partial charge in [-0.1, -0.05) is 42.5 Å². The third-order valence-corrected chi connectivity index (χ3v) is 5.43. The topological polar surface area (TPSA) is 36.9 Å². The molecule has 0 spiro atoms. The van der Waals surface area contributed by atoms with Gasteiger partial charge in [0.1, 0.15) is 17.7 Å². The van der Waals surface area contributed by atoms with Crippen molar-refractivity contribution < 1.29 is 9.13 Å². The van der Waals surface area contributed by atoms with Crippen LogP contribution >= 0.6 is 0 Å². The number of hydrogen-bond acceptors (Lipinski definition) is 4. The second-order valence-corrected chi connectivity index (χ2v) is 7.06. The van der Waals surface area contributed by atoms with Crippen molar-refractivity contribution in [3.8, 4) is 5.75 Å². The number of methoxy groups -OCH3 is 1. The van der Waals surface area contributed by atoms with E-state index in [1.54, 1.807) is 19.2 Å². The van der Waals surface area contributed by atoms with Gasteiger partial charge in [-0.3, -0.25) is 5.01 Å². The van der Waals surface area contributed by atoms with Crippen LogP contribution in [0.15, 0.2) is 77.9 Å². The first kappa shape index (κ1) is 16.8. The third kappa shape index (κ3) is 2.80. The number of nitrogens with zero attached hydrogens (tertiary/aromatic N) is 2. The molecule has 3 aromatic carbocycles. The van der Waals surface area contributed by atoms with Crippen molar-refractivity contribution in [3.63, 3.8) is 0 Å². The highest BCUT2D eigenvalue weighted by molar-refractivity contribution is 6.02. The van der Waals surface area contributed by atoms with Crippen LogP contribution in [0.4, 0.5) is 10.1 Å². The molecule has 4 nitrogen and oxygen atoms in total. The lowest BCUT2D eigenvalue weighted by atomic mass is 9.94. The van der Waals surface area contributed by atoms with Crippen LogP contribution in [0.5, 0.6) is 5.75 Å². The van der Waals surface area contributed by atoms with E-state index in [0.717, 1.165) is 34.7 Å². The summed E-state index contributed by atoms with van der Waals surface area (Å²) in [6.45, 7) is 0. The molecular formula is C23H20FN3O. The van der Waals surface area contributed by atoms with E-state index in [0.29, 0.717) is 0 Å². The summed E-state index contributed by atoms with van der Waals surface area (Å²) in [6.07, 6.45) is 0.709. The summed E-state index contributed by atoms with van der Waals surface area (Å²) in [5.74, 6) is 0.594. The maximum absolute atomic E-state index is 13.3. The van der Waals surface area contributed by atoms with E-state index < -0.39 is 0 Å². The fourth-order valence-electron chi connectivity index (χ4n) is 3.99. The van der Waals surface area contributed by atoms with Crippen LogP contribution in [-0.4, -0.2) is 17.8 Å². The van der Waals surface area contributed by atoms with Gasteiger partial charge in [0.15, 0.2) is 0 Å². The number of hydrogen-bond donors (Lipinski definition) is 1. The van der Waals surface area contributed by atoms with E-state index in [1.165, 1.54) is 17.7 Å². The number of para-hydroxylation sites is 1. The molecule has 28 heavy (non-hydrogen) atoms. The normalized spacial score (nSPS) is 20.1. The fraction of sp³-hybridized carbons (Fsp3) is 0.174. The average molecular weight is 373 g/mol. The Morgan fingerprint density at radius 1 is 1.00 bits per heavy atom. The average Bonchev–Trinajstić information content (AvgIpc) is 3.19. The highest BCUT2D eigenvalue weighted by atomic mass is 19.1. The van der Waals surface area contributed by atoms with Crippen molar-refractivity contribution in [1.29, 1.82) is 0 Å². The molecule has 2 atom stereocenters. The number of halogens is 1. The quantitative estimate of drug-likeness (QED) is 0.693. The molecule has 5 rings (SSSR count). The zero-order valence-electron chi connectivity index (χ0n) is 15.5. The number of benzene rings is 3. The summed E-state index contributed by atoms with van der Waals surface area (Å²) in [6, 6.07) is 23.1. The molecule has 2 unspecified atom stereocenters. The smallest absolute Gasteiger partial charge is 0.142 e. The van der Waals surface area contributed by atoms with Gasteiger partial charge in [-0.15, -0.1) is 0 Å². The summed E-state index contributed by atoms with van der Waals surface area (Å²) >= 11 is 0. The first-order valence-electron chi connectivity index (χ1n) is 9.34. The van der Waals surface area contributed by atoms with Gasteiger partial charge in [-0.05, 0) is 47.0 Å². The SMILES string of the molecule is COc1ccc(C2Nc3ccccc3C3CC(c4ccc(F)cc4)=NN32)cc1. The summed E-state index contributed by atoms with van der Waals surface area (Å²) in [4.78, 5) is 0. The maximum Gasteiger partial charge on any atom is 0.142 e. The molecule has 0 fully saturated rings. The largest absolute Gasteiger partial charge is 0.497 e. The van der Waals surface area contributed by atoms with Crippen molar-refractivity contribution in [2.45, 2.75) is 18.6 Å². The van der Waals surface area contributed by atoms with Crippen LogP contribution in [0, 0.1) is 5.82 Å². The lowest BCUT2D eigenvalue weighted by Crippen LogP contribution is -2.35. The van der Waals surface area contributed by atoms with E-state index in [9.17, 15) is 4.39 Å². The number of ether oxygens (including phenoxy) is 1. The lowest BCUT2D eigenvalue weighted by Gasteiger charge is -2.39.